The Balaban J connectivity index is 1.44. The lowest BCUT2D eigenvalue weighted by Crippen LogP contribution is -2.13. The van der Waals surface area contributed by atoms with Gasteiger partial charge in [0.1, 0.15) is 30.6 Å². The summed E-state index contributed by atoms with van der Waals surface area (Å²) in [7, 11) is 0. The highest BCUT2D eigenvalue weighted by atomic mass is 35.5. The van der Waals surface area contributed by atoms with Crippen LogP contribution in [0.1, 0.15) is 29.2 Å². The molecule has 0 aliphatic heterocycles. The number of nitrogens with zero attached hydrogens (tertiary/aromatic N) is 1. The predicted octanol–water partition coefficient (Wildman–Crippen LogP) is 8.40. The first-order valence-corrected chi connectivity index (χ1v) is 13.7. The zero-order valence-electron chi connectivity index (χ0n) is 22.6. The van der Waals surface area contributed by atoms with Gasteiger partial charge in [0.05, 0.1) is 11.6 Å². The summed E-state index contributed by atoms with van der Waals surface area (Å²) in [6.45, 7) is 4.87. The largest absolute Gasteiger partial charge is 0.490 e. The van der Waals surface area contributed by atoms with E-state index in [9.17, 15) is 10.1 Å². The maximum Gasteiger partial charge on any atom is 0.266 e. The SMILES string of the molecule is CCOc1cc(/C=C(\C#N)C(=O)Nc2ccc(OCc3ccccc3Cl)cc2)cc(Cl)c1OCc1cccc(C)c1. The van der Waals surface area contributed by atoms with Crippen molar-refractivity contribution < 1.29 is 19.0 Å². The normalized spacial score (nSPS) is 11.0. The van der Waals surface area contributed by atoms with Crippen molar-refractivity contribution in [3.8, 4) is 23.3 Å². The first kappa shape index (κ1) is 29.5. The molecule has 6 nitrogen and oxygen atoms in total. The third kappa shape index (κ3) is 8.28. The second-order valence-corrected chi connectivity index (χ2v) is 9.88. The van der Waals surface area contributed by atoms with Gasteiger partial charge in [0.15, 0.2) is 11.5 Å². The lowest BCUT2D eigenvalue weighted by Gasteiger charge is -2.15. The van der Waals surface area contributed by atoms with Gasteiger partial charge in [0.2, 0.25) is 0 Å². The Morgan fingerprint density at radius 1 is 0.902 bits per heavy atom. The van der Waals surface area contributed by atoms with Gasteiger partial charge in [0.25, 0.3) is 5.91 Å². The third-order valence-corrected chi connectivity index (χ3v) is 6.59. The topological polar surface area (TPSA) is 80.6 Å². The Bertz CT molecular complexity index is 1590. The van der Waals surface area contributed by atoms with Crippen LogP contribution in [0.3, 0.4) is 0 Å². The van der Waals surface area contributed by atoms with Gasteiger partial charge in [0, 0.05) is 16.3 Å². The van der Waals surface area contributed by atoms with Crippen LogP contribution in [0.5, 0.6) is 17.2 Å². The number of carbonyl (C=O) groups is 1. The minimum absolute atomic E-state index is 0.101. The van der Waals surface area contributed by atoms with E-state index in [4.69, 9.17) is 37.4 Å². The number of ether oxygens (including phenoxy) is 3. The molecule has 0 atom stereocenters. The number of nitrogens with one attached hydrogen (secondary N) is 1. The van der Waals surface area contributed by atoms with Crippen LogP contribution in [0.4, 0.5) is 5.69 Å². The second-order valence-electron chi connectivity index (χ2n) is 9.07. The van der Waals surface area contributed by atoms with Crippen LogP contribution < -0.4 is 19.5 Å². The molecule has 0 saturated carbocycles. The monoisotopic (exact) mass is 586 g/mol. The number of amides is 1. The average Bonchev–Trinajstić information content (AvgIpc) is 2.96. The van der Waals surface area contributed by atoms with Gasteiger partial charge in [-0.1, -0.05) is 71.2 Å². The van der Waals surface area contributed by atoms with Gasteiger partial charge in [-0.25, -0.2) is 0 Å². The van der Waals surface area contributed by atoms with E-state index >= 15 is 0 Å². The van der Waals surface area contributed by atoms with Crippen molar-refractivity contribution in [1.82, 2.24) is 0 Å². The van der Waals surface area contributed by atoms with Crippen molar-refractivity contribution in [3.05, 3.63) is 123 Å². The number of nitriles is 1. The van der Waals surface area contributed by atoms with Crippen molar-refractivity contribution in [2.24, 2.45) is 0 Å². The van der Waals surface area contributed by atoms with Crippen LogP contribution in [0.2, 0.25) is 10.0 Å². The van der Waals surface area contributed by atoms with Crippen LogP contribution in [-0.4, -0.2) is 12.5 Å². The van der Waals surface area contributed by atoms with Crippen LogP contribution in [0.15, 0.2) is 90.5 Å². The maximum atomic E-state index is 12.9. The summed E-state index contributed by atoms with van der Waals surface area (Å²) in [4.78, 5) is 12.9. The standard InChI is InChI=1S/C33H28Cl2N2O4/c1-3-39-31-18-24(17-30(35)32(31)41-20-23-8-6-7-22(2)15-23)16-26(19-36)33(38)37-27-11-13-28(14-12-27)40-21-25-9-4-5-10-29(25)34/h4-18H,3,20-21H2,1-2H3,(H,37,38)/b26-16+. The van der Waals surface area contributed by atoms with Crippen LogP contribution >= 0.6 is 23.2 Å². The second kappa shape index (κ2) is 14.3. The molecule has 208 valence electrons. The van der Waals surface area contributed by atoms with Gasteiger partial charge < -0.3 is 19.5 Å². The molecule has 0 spiro atoms. The smallest absolute Gasteiger partial charge is 0.266 e. The van der Waals surface area contributed by atoms with E-state index in [1.165, 1.54) is 6.08 Å². The molecule has 0 aliphatic rings. The predicted molar refractivity (Wildman–Crippen MR) is 163 cm³/mol. The molecule has 0 aromatic heterocycles. The molecule has 1 N–H and O–H groups in total. The molecule has 0 radical (unpaired) electrons. The van der Waals surface area contributed by atoms with Crippen molar-refractivity contribution in [2.45, 2.75) is 27.1 Å². The zero-order valence-corrected chi connectivity index (χ0v) is 24.1. The highest BCUT2D eigenvalue weighted by molar-refractivity contribution is 6.32. The molecule has 4 rings (SSSR count). The molecule has 0 saturated heterocycles. The molecular formula is C33H28Cl2N2O4. The first-order chi connectivity index (χ1) is 19.9. The third-order valence-electron chi connectivity index (χ3n) is 5.94. The van der Waals surface area contributed by atoms with Crippen molar-refractivity contribution in [3.63, 3.8) is 0 Å². The van der Waals surface area contributed by atoms with E-state index in [0.29, 0.717) is 58.4 Å². The number of rotatable bonds is 11. The fourth-order valence-corrected chi connectivity index (χ4v) is 4.42. The quantitative estimate of drug-likeness (QED) is 0.141. The van der Waals surface area contributed by atoms with E-state index in [-0.39, 0.29) is 5.57 Å². The lowest BCUT2D eigenvalue weighted by atomic mass is 10.1. The summed E-state index contributed by atoms with van der Waals surface area (Å²) >= 11 is 12.7. The number of benzene rings is 4. The molecule has 41 heavy (non-hydrogen) atoms. The molecule has 0 aliphatic carbocycles. The Hall–Kier alpha value is -4.44. The number of carbonyl (C=O) groups excluding carboxylic acids is 1. The lowest BCUT2D eigenvalue weighted by molar-refractivity contribution is -0.112. The molecule has 8 heteroatoms. The van der Waals surface area contributed by atoms with E-state index < -0.39 is 5.91 Å². The van der Waals surface area contributed by atoms with Crippen molar-refractivity contribution in [1.29, 1.82) is 5.26 Å². The highest BCUT2D eigenvalue weighted by Gasteiger charge is 2.15. The highest BCUT2D eigenvalue weighted by Crippen LogP contribution is 2.38. The van der Waals surface area contributed by atoms with E-state index in [2.05, 4.69) is 5.32 Å². The van der Waals surface area contributed by atoms with Gasteiger partial charge in [-0.3, -0.25) is 4.79 Å². The van der Waals surface area contributed by atoms with Gasteiger partial charge >= 0.3 is 0 Å². The summed E-state index contributed by atoms with van der Waals surface area (Å²) < 4.78 is 17.5. The van der Waals surface area contributed by atoms with Crippen LogP contribution in [0.25, 0.3) is 6.08 Å². The average molecular weight is 588 g/mol. The number of anilines is 1. The molecule has 4 aromatic rings. The van der Waals surface area contributed by atoms with Crippen molar-refractivity contribution >= 4 is 40.9 Å². The Morgan fingerprint density at radius 2 is 1.68 bits per heavy atom. The summed E-state index contributed by atoms with van der Waals surface area (Å²) in [5, 5.41) is 13.4. The van der Waals surface area contributed by atoms with Crippen molar-refractivity contribution in [2.75, 3.05) is 11.9 Å². The maximum absolute atomic E-state index is 12.9. The Labute approximate surface area is 249 Å². The fraction of sp³-hybridized carbons (Fsp3) is 0.152. The molecule has 0 heterocycles. The summed E-state index contributed by atoms with van der Waals surface area (Å²) in [5.74, 6) is 0.865. The Kier molecular flexibility index (Phi) is 10.3. The number of hydrogen-bond donors (Lipinski definition) is 1. The molecular weight excluding hydrogens is 559 g/mol. The van der Waals surface area contributed by atoms with E-state index in [0.717, 1.165) is 16.7 Å². The van der Waals surface area contributed by atoms with Gasteiger partial charge in [-0.05, 0) is 73.5 Å². The molecule has 4 aromatic carbocycles. The minimum Gasteiger partial charge on any atom is -0.490 e. The van der Waals surface area contributed by atoms with Gasteiger partial charge in [-0.2, -0.15) is 5.26 Å². The number of hydrogen-bond acceptors (Lipinski definition) is 5. The fourth-order valence-electron chi connectivity index (χ4n) is 3.96. The summed E-state index contributed by atoms with van der Waals surface area (Å²) in [6.07, 6.45) is 1.45. The molecule has 0 unspecified atom stereocenters. The Morgan fingerprint density at radius 3 is 2.39 bits per heavy atom. The minimum atomic E-state index is -0.564. The molecule has 0 fully saturated rings. The molecule has 1 amide bonds. The van der Waals surface area contributed by atoms with E-state index in [1.807, 2.05) is 62.4 Å². The number of aryl methyl sites for hydroxylation is 1. The van der Waals surface area contributed by atoms with Crippen LogP contribution in [-0.2, 0) is 18.0 Å². The first-order valence-electron chi connectivity index (χ1n) is 12.9. The summed E-state index contributed by atoms with van der Waals surface area (Å²) in [6, 6.07) is 27.6. The molecule has 0 bridgehead atoms. The van der Waals surface area contributed by atoms with Crippen LogP contribution in [0, 0.1) is 18.3 Å². The van der Waals surface area contributed by atoms with E-state index in [1.54, 1.807) is 42.5 Å². The van der Waals surface area contributed by atoms with Gasteiger partial charge in [-0.15, -0.1) is 0 Å². The number of halogens is 2. The zero-order chi connectivity index (χ0) is 29.2. The summed E-state index contributed by atoms with van der Waals surface area (Å²) in [5.41, 5.74) is 3.93.